The van der Waals surface area contributed by atoms with Crippen molar-refractivity contribution in [1.82, 2.24) is 10.2 Å². The number of hydrogen-bond donors (Lipinski definition) is 2. The first kappa shape index (κ1) is 21.4. The molecule has 2 amide bonds. The van der Waals surface area contributed by atoms with Gasteiger partial charge in [0.2, 0.25) is 0 Å². The average molecular weight is 412 g/mol. The number of non-ortho nitro benzene ring substituents is 1. The third-order valence-corrected chi connectivity index (χ3v) is 4.80. The number of hydrogen-bond acceptors (Lipinski definition) is 6. The molecular weight excluding hydrogens is 388 g/mol. The van der Waals surface area contributed by atoms with Crippen molar-refractivity contribution in [3.63, 3.8) is 0 Å². The van der Waals surface area contributed by atoms with Crippen molar-refractivity contribution in [2.45, 2.75) is 12.5 Å². The van der Waals surface area contributed by atoms with Gasteiger partial charge in [0.05, 0.1) is 17.6 Å². The van der Waals surface area contributed by atoms with Crippen LogP contribution in [0.4, 0.5) is 11.4 Å². The molecule has 0 spiro atoms. The van der Waals surface area contributed by atoms with E-state index in [0.29, 0.717) is 25.3 Å². The summed E-state index contributed by atoms with van der Waals surface area (Å²) < 4.78 is 5.85. The van der Waals surface area contributed by atoms with E-state index in [9.17, 15) is 19.7 Å². The Morgan fingerprint density at radius 3 is 2.53 bits per heavy atom. The summed E-state index contributed by atoms with van der Waals surface area (Å²) in [5.74, 6) is -1.54. The zero-order valence-corrected chi connectivity index (χ0v) is 16.5. The first-order valence-corrected chi connectivity index (χ1v) is 9.75. The molecule has 0 bridgehead atoms. The Kier molecular flexibility index (Phi) is 7.47. The zero-order valence-electron chi connectivity index (χ0n) is 16.5. The summed E-state index contributed by atoms with van der Waals surface area (Å²) in [7, 11) is 0. The van der Waals surface area contributed by atoms with Crippen LogP contribution in [0.1, 0.15) is 18.1 Å². The minimum absolute atomic E-state index is 0.0435. The first-order chi connectivity index (χ1) is 14.5. The summed E-state index contributed by atoms with van der Waals surface area (Å²) >= 11 is 0. The standard InChI is InChI=1S/C21H24N4O5/c26-20(21(27)23-17-7-9-18(10-8-17)25(28)29)22-11-4-12-24-13-14-30-19(15-24)16-5-2-1-3-6-16/h1-3,5-10,19H,4,11-15H2,(H,22,26)(H,23,27). The molecule has 0 saturated carbocycles. The van der Waals surface area contributed by atoms with E-state index in [1.54, 1.807) is 0 Å². The lowest BCUT2D eigenvalue weighted by Crippen LogP contribution is -2.41. The van der Waals surface area contributed by atoms with Crippen molar-refractivity contribution < 1.29 is 19.2 Å². The van der Waals surface area contributed by atoms with Crippen LogP contribution >= 0.6 is 0 Å². The van der Waals surface area contributed by atoms with Crippen LogP contribution in [0, 0.1) is 10.1 Å². The summed E-state index contributed by atoms with van der Waals surface area (Å²) in [5, 5.41) is 15.7. The van der Waals surface area contributed by atoms with Gasteiger partial charge in [0.1, 0.15) is 0 Å². The van der Waals surface area contributed by atoms with Gasteiger partial charge in [-0.15, -0.1) is 0 Å². The first-order valence-electron chi connectivity index (χ1n) is 9.75. The molecule has 9 nitrogen and oxygen atoms in total. The Morgan fingerprint density at radius 2 is 1.83 bits per heavy atom. The Hall–Kier alpha value is -3.30. The molecule has 1 heterocycles. The molecule has 2 N–H and O–H groups in total. The van der Waals surface area contributed by atoms with Crippen molar-refractivity contribution in [2.24, 2.45) is 0 Å². The van der Waals surface area contributed by atoms with Gasteiger partial charge in [0.15, 0.2) is 0 Å². The predicted octanol–water partition coefficient (Wildman–Crippen LogP) is 2.11. The molecule has 1 unspecified atom stereocenters. The monoisotopic (exact) mass is 412 g/mol. The summed E-state index contributed by atoms with van der Waals surface area (Å²) in [5.41, 5.74) is 1.38. The highest BCUT2D eigenvalue weighted by atomic mass is 16.6. The van der Waals surface area contributed by atoms with E-state index in [2.05, 4.69) is 27.7 Å². The van der Waals surface area contributed by atoms with E-state index in [-0.39, 0.29) is 11.8 Å². The molecule has 1 saturated heterocycles. The van der Waals surface area contributed by atoms with Crippen molar-refractivity contribution in [1.29, 1.82) is 0 Å². The molecule has 0 aromatic heterocycles. The number of rotatable bonds is 7. The molecule has 1 aliphatic rings. The highest BCUT2D eigenvalue weighted by molar-refractivity contribution is 6.39. The number of amides is 2. The van der Waals surface area contributed by atoms with E-state index in [1.807, 2.05) is 18.2 Å². The van der Waals surface area contributed by atoms with Gasteiger partial charge < -0.3 is 15.4 Å². The second kappa shape index (κ2) is 10.5. The number of nitro groups is 1. The number of ether oxygens (including phenoxy) is 1. The maximum atomic E-state index is 11.9. The molecule has 3 rings (SSSR count). The van der Waals surface area contributed by atoms with Gasteiger partial charge in [-0.05, 0) is 24.1 Å². The number of anilines is 1. The predicted molar refractivity (Wildman–Crippen MR) is 111 cm³/mol. The number of carbonyl (C=O) groups is 2. The van der Waals surface area contributed by atoms with Gasteiger partial charge >= 0.3 is 11.8 Å². The Morgan fingerprint density at radius 1 is 1.10 bits per heavy atom. The number of benzene rings is 2. The second-order valence-corrected chi connectivity index (χ2v) is 6.94. The lowest BCUT2D eigenvalue weighted by atomic mass is 10.1. The molecule has 2 aromatic rings. The summed E-state index contributed by atoms with van der Waals surface area (Å²) in [6.45, 7) is 3.44. The smallest absolute Gasteiger partial charge is 0.313 e. The SMILES string of the molecule is O=C(NCCCN1CCOC(c2ccccc2)C1)C(=O)Nc1ccc([N+](=O)[O-])cc1. The van der Waals surface area contributed by atoms with E-state index in [1.165, 1.54) is 24.3 Å². The van der Waals surface area contributed by atoms with Crippen LogP contribution in [-0.4, -0.2) is 54.4 Å². The second-order valence-electron chi connectivity index (χ2n) is 6.94. The fourth-order valence-corrected chi connectivity index (χ4v) is 3.21. The van der Waals surface area contributed by atoms with E-state index < -0.39 is 16.7 Å². The van der Waals surface area contributed by atoms with Crippen LogP contribution in [0.25, 0.3) is 0 Å². The highest BCUT2D eigenvalue weighted by Gasteiger charge is 2.21. The van der Waals surface area contributed by atoms with Crippen LogP contribution in [0.15, 0.2) is 54.6 Å². The van der Waals surface area contributed by atoms with Gasteiger partial charge in [-0.25, -0.2) is 0 Å². The van der Waals surface area contributed by atoms with Crippen LogP contribution < -0.4 is 10.6 Å². The number of morpholine rings is 1. The van der Waals surface area contributed by atoms with Gasteiger partial charge in [0.25, 0.3) is 5.69 Å². The molecule has 1 aliphatic heterocycles. The van der Waals surface area contributed by atoms with Crippen molar-refractivity contribution in [3.8, 4) is 0 Å². The maximum Gasteiger partial charge on any atom is 0.313 e. The summed E-state index contributed by atoms with van der Waals surface area (Å²) in [6.07, 6.45) is 0.750. The minimum Gasteiger partial charge on any atom is -0.371 e. The van der Waals surface area contributed by atoms with E-state index in [4.69, 9.17) is 4.74 Å². The quantitative estimate of drug-likeness (QED) is 0.312. The van der Waals surface area contributed by atoms with E-state index >= 15 is 0 Å². The number of carbonyl (C=O) groups excluding carboxylic acids is 2. The fourth-order valence-electron chi connectivity index (χ4n) is 3.21. The highest BCUT2D eigenvalue weighted by Crippen LogP contribution is 2.21. The lowest BCUT2D eigenvalue weighted by molar-refractivity contribution is -0.384. The molecule has 0 radical (unpaired) electrons. The largest absolute Gasteiger partial charge is 0.371 e. The van der Waals surface area contributed by atoms with Gasteiger partial charge in [-0.2, -0.15) is 0 Å². The zero-order chi connectivity index (χ0) is 21.3. The average Bonchev–Trinajstić information content (AvgIpc) is 2.77. The molecular formula is C21H24N4O5. The van der Waals surface area contributed by atoms with Crippen molar-refractivity contribution in [3.05, 3.63) is 70.3 Å². The number of nitrogens with zero attached hydrogens (tertiary/aromatic N) is 2. The van der Waals surface area contributed by atoms with Crippen LogP contribution in [-0.2, 0) is 14.3 Å². The molecule has 30 heavy (non-hydrogen) atoms. The number of nitro benzene ring substituents is 1. The fraction of sp³-hybridized carbons (Fsp3) is 0.333. The molecule has 1 fully saturated rings. The Labute approximate surface area is 174 Å². The normalized spacial score (nSPS) is 16.6. The van der Waals surface area contributed by atoms with Crippen molar-refractivity contribution in [2.75, 3.05) is 38.1 Å². The molecule has 9 heteroatoms. The summed E-state index contributed by atoms with van der Waals surface area (Å²) in [6, 6.07) is 15.4. The Balaban J connectivity index is 1.37. The molecule has 158 valence electrons. The third kappa shape index (κ3) is 6.10. The molecule has 1 atom stereocenters. The minimum atomic E-state index is -0.806. The topological polar surface area (TPSA) is 114 Å². The van der Waals surface area contributed by atoms with Gasteiger partial charge in [0, 0.05) is 44.0 Å². The lowest BCUT2D eigenvalue weighted by Gasteiger charge is -2.33. The van der Waals surface area contributed by atoms with Crippen LogP contribution in [0.2, 0.25) is 0 Å². The van der Waals surface area contributed by atoms with Gasteiger partial charge in [-0.3, -0.25) is 24.6 Å². The van der Waals surface area contributed by atoms with Crippen molar-refractivity contribution >= 4 is 23.2 Å². The Bertz CT molecular complexity index is 873. The van der Waals surface area contributed by atoms with Gasteiger partial charge in [-0.1, -0.05) is 30.3 Å². The third-order valence-electron chi connectivity index (χ3n) is 4.80. The van der Waals surface area contributed by atoms with Crippen LogP contribution in [0.5, 0.6) is 0 Å². The summed E-state index contributed by atoms with van der Waals surface area (Å²) in [4.78, 5) is 36.3. The molecule has 2 aromatic carbocycles. The number of nitrogens with one attached hydrogen (secondary N) is 2. The van der Waals surface area contributed by atoms with E-state index in [0.717, 1.165) is 25.2 Å². The maximum absolute atomic E-state index is 11.9. The van der Waals surface area contributed by atoms with Crippen LogP contribution in [0.3, 0.4) is 0 Å². The molecule has 0 aliphatic carbocycles.